The van der Waals surface area contributed by atoms with Crippen LogP contribution in [0, 0.1) is 5.82 Å². The maximum absolute atomic E-state index is 13.2. The highest BCUT2D eigenvalue weighted by atomic mass is 19.1. The van der Waals surface area contributed by atoms with E-state index in [0.717, 1.165) is 16.8 Å². The van der Waals surface area contributed by atoms with E-state index in [1.807, 2.05) is 54.6 Å². The summed E-state index contributed by atoms with van der Waals surface area (Å²) < 4.78 is 13.2. The number of halogens is 1. The molecular weight excluding hydrogens is 421 g/mol. The van der Waals surface area contributed by atoms with Crippen LogP contribution in [0.4, 0.5) is 20.6 Å². The predicted molar refractivity (Wildman–Crippen MR) is 124 cm³/mol. The van der Waals surface area contributed by atoms with E-state index in [0.29, 0.717) is 12.2 Å². The molecule has 1 saturated heterocycles. The second kappa shape index (κ2) is 8.67. The van der Waals surface area contributed by atoms with Crippen LogP contribution in [-0.2, 0) is 11.2 Å². The molecule has 2 N–H and O–H groups in total. The number of benzene rings is 3. The standard InChI is InChI=1S/C26H24FN3O3/c27-18-10-12-19(13-11-18)28-26(33)29-15-22-25(20-8-4-5-9-21(20)29)23(16-31)30(22)24(32)14-17-6-2-1-3-7-17/h1-13,22-23,25,31H,14-16H2,(H,28,33)/t22-,23-,25+/m1/s1. The molecule has 5 rings (SSSR count). The normalized spacial score (nSPS) is 21.0. The van der Waals surface area contributed by atoms with Gasteiger partial charge < -0.3 is 15.3 Å². The Morgan fingerprint density at radius 3 is 2.39 bits per heavy atom. The van der Waals surface area contributed by atoms with Gasteiger partial charge in [-0.15, -0.1) is 0 Å². The topological polar surface area (TPSA) is 72.9 Å². The Morgan fingerprint density at radius 2 is 1.67 bits per heavy atom. The zero-order valence-electron chi connectivity index (χ0n) is 17.9. The number of anilines is 2. The minimum atomic E-state index is -0.378. The van der Waals surface area contributed by atoms with E-state index < -0.39 is 0 Å². The molecule has 3 aromatic carbocycles. The van der Waals surface area contributed by atoms with Gasteiger partial charge in [0.05, 0.1) is 25.1 Å². The van der Waals surface area contributed by atoms with Crippen molar-refractivity contribution in [1.82, 2.24) is 4.90 Å². The lowest BCUT2D eigenvalue weighted by Crippen LogP contribution is -2.71. The summed E-state index contributed by atoms with van der Waals surface area (Å²) in [6.45, 7) is 0.170. The molecule has 6 nitrogen and oxygen atoms in total. The zero-order valence-corrected chi connectivity index (χ0v) is 17.9. The number of nitrogens with one attached hydrogen (secondary N) is 1. The Hall–Kier alpha value is -3.71. The fourth-order valence-corrected chi connectivity index (χ4v) is 5.01. The number of fused-ring (bicyclic) bond motifs is 3. The fraction of sp³-hybridized carbons (Fsp3) is 0.231. The van der Waals surface area contributed by atoms with Crippen LogP contribution in [-0.4, -0.2) is 47.2 Å². The summed E-state index contributed by atoms with van der Waals surface area (Å²) in [5, 5.41) is 12.9. The number of nitrogens with zero attached hydrogens (tertiary/aromatic N) is 2. The number of carbonyl (C=O) groups is 2. The fourth-order valence-electron chi connectivity index (χ4n) is 5.01. The molecular formula is C26H24FN3O3. The predicted octanol–water partition coefficient (Wildman–Crippen LogP) is 3.78. The number of carbonyl (C=O) groups excluding carboxylic acids is 2. The smallest absolute Gasteiger partial charge is 0.326 e. The summed E-state index contributed by atoms with van der Waals surface area (Å²) >= 11 is 0. The van der Waals surface area contributed by atoms with Crippen LogP contribution in [0.1, 0.15) is 17.0 Å². The first-order valence-electron chi connectivity index (χ1n) is 11.0. The average molecular weight is 445 g/mol. The van der Waals surface area contributed by atoms with Gasteiger partial charge in [0, 0.05) is 23.8 Å². The summed E-state index contributed by atoms with van der Waals surface area (Å²) in [5.74, 6) is -0.489. The van der Waals surface area contributed by atoms with E-state index in [2.05, 4.69) is 5.32 Å². The van der Waals surface area contributed by atoms with Crippen molar-refractivity contribution in [3.63, 3.8) is 0 Å². The third-order valence-electron chi connectivity index (χ3n) is 6.51. The third-order valence-corrected chi connectivity index (χ3v) is 6.51. The molecule has 2 aliphatic heterocycles. The number of aliphatic hydroxyl groups is 1. The number of rotatable bonds is 4. The van der Waals surface area contributed by atoms with Gasteiger partial charge in [-0.1, -0.05) is 48.5 Å². The number of amides is 3. The van der Waals surface area contributed by atoms with Crippen molar-refractivity contribution in [3.05, 3.63) is 95.8 Å². The lowest BCUT2D eigenvalue weighted by Gasteiger charge is -2.58. The molecule has 7 heteroatoms. The maximum Gasteiger partial charge on any atom is 0.326 e. The van der Waals surface area contributed by atoms with E-state index in [4.69, 9.17) is 0 Å². The van der Waals surface area contributed by atoms with Crippen LogP contribution in [0.2, 0.25) is 0 Å². The van der Waals surface area contributed by atoms with Crippen molar-refractivity contribution >= 4 is 23.3 Å². The van der Waals surface area contributed by atoms with Gasteiger partial charge in [0.25, 0.3) is 0 Å². The molecule has 3 aromatic rings. The highest BCUT2D eigenvalue weighted by Gasteiger charge is 2.55. The summed E-state index contributed by atoms with van der Waals surface area (Å²) in [6.07, 6.45) is 0.240. The highest BCUT2D eigenvalue weighted by Crippen LogP contribution is 2.48. The first-order chi connectivity index (χ1) is 16.1. The molecule has 2 heterocycles. The number of aliphatic hydroxyl groups excluding tert-OH is 1. The van der Waals surface area contributed by atoms with Crippen LogP contribution in [0.5, 0.6) is 0 Å². The molecule has 168 valence electrons. The Labute approximate surface area is 191 Å². The Morgan fingerprint density at radius 1 is 0.970 bits per heavy atom. The Balaban J connectivity index is 1.42. The lowest BCUT2D eigenvalue weighted by molar-refractivity contribution is -0.149. The summed E-state index contributed by atoms with van der Waals surface area (Å²) in [5.41, 5.74) is 3.09. The number of urea groups is 1. The number of likely N-dealkylation sites (tertiary alicyclic amines) is 1. The Kier molecular flexibility index (Phi) is 5.56. The van der Waals surface area contributed by atoms with Crippen LogP contribution in [0.3, 0.4) is 0 Å². The Bertz CT molecular complexity index is 1170. The molecule has 0 aromatic heterocycles. The average Bonchev–Trinajstić information content (AvgIpc) is 2.81. The molecule has 0 unspecified atom stereocenters. The minimum absolute atomic E-state index is 0.0409. The van der Waals surface area contributed by atoms with E-state index in [1.54, 1.807) is 9.80 Å². The van der Waals surface area contributed by atoms with Gasteiger partial charge >= 0.3 is 6.03 Å². The SMILES string of the molecule is O=C(Nc1ccc(F)cc1)N1C[C@@H]2[C@H](c3ccccc31)[C@@H](CO)N2C(=O)Cc1ccccc1. The molecule has 0 spiro atoms. The largest absolute Gasteiger partial charge is 0.394 e. The van der Waals surface area contributed by atoms with Gasteiger partial charge in [0.1, 0.15) is 5.82 Å². The first-order valence-corrected chi connectivity index (χ1v) is 11.0. The number of hydrogen-bond donors (Lipinski definition) is 2. The minimum Gasteiger partial charge on any atom is -0.394 e. The van der Waals surface area contributed by atoms with Gasteiger partial charge in [-0.05, 0) is 41.5 Å². The molecule has 0 bridgehead atoms. The quantitative estimate of drug-likeness (QED) is 0.642. The third kappa shape index (κ3) is 3.85. The summed E-state index contributed by atoms with van der Waals surface area (Å²) in [4.78, 5) is 29.7. The maximum atomic E-state index is 13.2. The monoisotopic (exact) mass is 445 g/mol. The summed E-state index contributed by atoms with van der Waals surface area (Å²) in [7, 11) is 0. The van der Waals surface area contributed by atoms with Gasteiger partial charge in [0.15, 0.2) is 0 Å². The van der Waals surface area contributed by atoms with Gasteiger partial charge in [-0.25, -0.2) is 9.18 Å². The molecule has 3 atom stereocenters. The molecule has 0 aliphatic carbocycles. The van der Waals surface area contributed by atoms with Crippen molar-refractivity contribution in [2.75, 3.05) is 23.4 Å². The molecule has 2 aliphatic rings. The molecule has 3 amide bonds. The molecule has 1 fully saturated rings. The van der Waals surface area contributed by atoms with Gasteiger partial charge in [-0.2, -0.15) is 0 Å². The van der Waals surface area contributed by atoms with Gasteiger partial charge in [0.2, 0.25) is 5.91 Å². The molecule has 0 saturated carbocycles. The van der Waals surface area contributed by atoms with Crippen LogP contribution < -0.4 is 10.2 Å². The number of hydrogen-bond acceptors (Lipinski definition) is 3. The molecule has 33 heavy (non-hydrogen) atoms. The highest BCUT2D eigenvalue weighted by molar-refractivity contribution is 6.03. The summed E-state index contributed by atoms with van der Waals surface area (Å²) in [6, 6.07) is 21.8. The number of para-hydroxylation sites is 1. The molecule has 0 radical (unpaired) electrons. The zero-order chi connectivity index (χ0) is 22.9. The van der Waals surface area contributed by atoms with Gasteiger partial charge in [-0.3, -0.25) is 9.69 Å². The van der Waals surface area contributed by atoms with Crippen molar-refractivity contribution in [2.24, 2.45) is 0 Å². The van der Waals surface area contributed by atoms with Crippen LogP contribution in [0.15, 0.2) is 78.9 Å². The first kappa shape index (κ1) is 21.2. The van der Waals surface area contributed by atoms with E-state index >= 15 is 0 Å². The van der Waals surface area contributed by atoms with Crippen LogP contribution >= 0.6 is 0 Å². The lowest BCUT2D eigenvalue weighted by atomic mass is 9.71. The van der Waals surface area contributed by atoms with Crippen LogP contribution in [0.25, 0.3) is 0 Å². The van der Waals surface area contributed by atoms with Crippen molar-refractivity contribution in [1.29, 1.82) is 0 Å². The van der Waals surface area contributed by atoms with E-state index in [-0.39, 0.29) is 48.8 Å². The second-order valence-electron chi connectivity index (χ2n) is 8.41. The van der Waals surface area contributed by atoms with Crippen molar-refractivity contribution in [3.8, 4) is 0 Å². The van der Waals surface area contributed by atoms with Crippen molar-refractivity contribution in [2.45, 2.75) is 24.4 Å². The van der Waals surface area contributed by atoms with E-state index in [9.17, 15) is 19.1 Å². The second-order valence-corrected chi connectivity index (χ2v) is 8.41. The van der Waals surface area contributed by atoms with E-state index in [1.165, 1.54) is 24.3 Å². The van der Waals surface area contributed by atoms with Crippen molar-refractivity contribution < 1.29 is 19.1 Å².